The van der Waals surface area contributed by atoms with E-state index in [0.29, 0.717) is 10.7 Å². The summed E-state index contributed by atoms with van der Waals surface area (Å²) in [5, 5.41) is 0.672. The summed E-state index contributed by atoms with van der Waals surface area (Å²) in [7, 11) is 3.70. The molecule has 0 radical (unpaired) electrons. The molecule has 1 aliphatic heterocycles. The molecule has 0 aromatic carbocycles. The van der Waals surface area contributed by atoms with Crippen molar-refractivity contribution in [2.45, 2.75) is 18.9 Å². The molecule has 0 spiro atoms. The third-order valence-corrected chi connectivity index (χ3v) is 4.70. The van der Waals surface area contributed by atoms with Crippen LogP contribution in [-0.2, 0) is 7.05 Å². The highest BCUT2D eigenvalue weighted by atomic mass is 35.5. The number of aryl methyl sites for hydroxylation is 1. The lowest BCUT2D eigenvalue weighted by Crippen LogP contribution is -2.46. The zero-order chi connectivity index (χ0) is 16.4. The minimum Gasteiger partial charge on any atom is -0.355 e. The van der Waals surface area contributed by atoms with Gasteiger partial charge in [0.15, 0.2) is 0 Å². The van der Waals surface area contributed by atoms with Crippen molar-refractivity contribution in [3.05, 3.63) is 41.6 Å². The van der Waals surface area contributed by atoms with Crippen LogP contribution in [0.25, 0.3) is 0 Å². The Kier molecular flexibility index (Phi) is 4.52. The fraction of sp³-hybridized carbons (Fsp3) is 0.438. The number of carbonyl (C=O) groups is 1. The SMILES string of the molecule is CN(C(=O)c1cncn1C)C1CCN(c2ncccc2Cl)CC1. The molecule has 122 valence electrons. The molecule has 2 aromatic heterocycles. The highest BCUT2D eigenvalue weighted by molar-refractivity contribution is 6.32. The van der Waals surface area contributed by atoms with E-state index in [1.54, 1.807) is 23.3 Å². The Balaban J connectivity index is 1.64. The van der Waals surface area contributed by atoms with Crippen LogP contribution in [0.3, 0.4) is 0 Å². The quantitative estimate of drug-likeness (QED) is 0.864. The first-order valence-corrected chi connectivity index (χ1v) is 8.04. The number of amides is 1. The second-order valence-electron chi connectivity index (χ2n) is 5.83. The molecule has 0 N–H and O–H groups in total. The van der Waals surface area contributed by atoms with E-state index in [1.807, 2.05) is 31.1 Å². The van der Waals surface area contributed by atoms with Gasteiger partial charge in [0.1, 0.15) is 11.5 Å². The first kappa shape index (κ1) is 15.8. The van der Waals surface area contributed by atoms with E-state index in [-0.39, 0.29) is 11.9 Å². The van der Waals surface area contributed by atoms with Crippen molar-refractivity contribution in [3.63, 3.8) is 0 Å². The highest BCUT2D eigenvalue weighted by Crippen LogP contribution is 2.26. The standard InChI is InChI=1S/C16H20ClN5O/c1-20-11-18-10-14(20)16(23)21(2)12-5-8-22(9-6-12)15-13(17)4-3-7-19-15/h3-4,7,10-12H,5-6,8-9H2,1-2H3. The lowest BCUT2D eigenvalue weighted by Gasteiger charge is -2.37. The Morgan fingerprint density at radius 3 is 2.74 bits per heavy atom. The summed E-state index contributed by atoms with van der Waals surface area (Å²) in [6, 6.07) is 3.91. The topological polar surface area (TPSA) is 54.3 Å². The van der Waals surface area contributed by atoms with Crippen molar-refractivity contribution in [2.24, 2.45) is 7.05 Å². The molecule has 3 heterocycles. The first-order chi connectivity index (χ1) is 11.1. The zero-order valence-corrected chi connectivity index (χ0v) is 14.1. The zero-order valence-electron chi connectivity index (χ0n) is 13.3. The second kappa shape index (κ2) is 6.58. The number of nitrogens with zero attached hydrogens (tertiary/aromatic N) is 5. The fourth-order valence-corrected chi connectivity index (χ4v) is 3.23. The van der Waals surface area contributed by atoms with E-state index in [9.17, 15) is 4.79 Å². The van der Waals surface area contributed by atoms with Crippen molar-refractivity contribution in [1.29, 1.82) is 0 Å². The summed E-state index contributed by atoms with van der Waals surface area (Å²) >= 11 is 6.21. The molecule has 23 heavy (non-hydrogen) atoms. The summed E-state index contributed by atoms with van der Waals surface area (Å²) < 4.78 is 1.75. The molecular weight excluding hydrogens is 314 g/mol. The molecule has 3 rings (SSSR count). The summed E-state index contributed by atoms with van der Waals surface area (Å²) in [5.41, 5.74) is 0.614. The van der Waals surface area contributed by atoms with Gasteiger partial charge in [-0.05, 0) is 25.0 Å². The van der Waals surface area contributed by atoms with Gasteiger partial charge in [-0.3, -0.25) is 4.79 Å². The molecule has 2 aromatic rings. The molecule has 1 aliphatic rings. The number of hydrogen-bond acceptors (Lipinski definition) is 4. The van der Waals surface area contributed by atoms with Crippen LogP contribution < -0.4 is 4.90 Å². The number of aromatic nitrogens is 3. The number of pyridine rings is 1. The Bertz CT molecular complexity index is 693. The summed E-state index contributed by atoms with van der Waals surface area (Å²) in [6.45, 7) is 1.68. The predicted molar refractivity (Wildman–Crippen MR) is 89.8 cm³/mol. The van der Waals surface area contributed by atoms with Gasteiger partial charge in [0.2, 0.25) is 0 Å². The normalized spacial score (nSPS) is 15.7. The average molecular weight is 334 g/mol. The van der Waals surface area contributed by atoms with Crippen LogP contribution in [0.15, 0.2) is 30.9 Å². The van der Waals surface area contributed by atoms with E-state index in [0.717, 1.165) is 31.7 Å². The summed E-state index contributed by atoms with van der Waals surface area (Å²) in [5.74, 6) is 0.840. The van der Waals surface area contributed by atoms with Crippen molar-refractivity contribution in [1.82, 2.24) is 19.4 Å². The van der Waals surface area contributed by atoms with Gasteiger partial charge in [-0.2, -0.15) is 0 Å². The highest BCUT2D eigenvalue weighted by Gasteiger charge is 2.28. The molecule has 0 unspecified atom stereocenters. The molecule has 0 bridgehead atoms. The van der Waals surface area contributed by atoms with Crippen LogP contribution in [0.4, 0.5) is 5.82 Å². The van der Waals surface area contributed by atoms with Crippen LogP contribution in [0, 0.1) is 0 Å². The van der Waals surface area contributed by atoms with Crippen molar-refractivity contribution < 1.29 is 4.79 Å². The number of rotatable bonds is 3. The summed E-state index contributed by atoms with van der Waals surface area (Å²) in [4.78, 5) is 24.9. The Labute approximate surface area is 140 Å². The second-order valence-corrected chi connectivity index (χ2v) is 6.24. The maximum absolute atomic E-state index is 12.5. The van der Waals surface area contributed by atoms with Crippen molar-refractivity contribution in [3.8, 4) is 0 Å². The maximum atomic E-state index is 12.5. The Morgan fingerprint density at radius 1 is 1.39 bits per heavy atom. The number of piperidine rings is 1. The monoisotopic (exact) mass is 333 g/mol. The van der Waals surface area contributed by atoms with E-state index in [4.69, 9.17) is 11.6 Å². The molecule has 1 saturated heterocycles. The van der Waals surface area contributed by atoms with Gasteiger partial charge < -0.3 is 14.4 Å². The van der Waals surface area contributed by atoms with E-state index < -0.39 is 0 Å². The largest absolute Gasteiger partial charge is 0.355 e. The average Bonchev–Trinajstić information content (AvgIpc) is 3.00. The van der Waals surface area contributed by atoms with E-state index >= 15 is 0 Å². The lowest BCUT2D eigenvalue weighted by atomic mass is 10.0. The van der Waals surface area contributed by atoms with Gasteiger partial charge in [0, 0.05) is 39.4 Å². The Morgan fingerprint density at radius 2 is 2.13 bits per heavy atom. The minimum absolute atomic E-state index is 0.0133. The minimum atomic E-state index is 0.0133. The number of carbonyl (C=O) groups excluding carboxylic acids is 1. The van der Waals surface area contributed by atoms with Gasteiger partial charge in [0.25, 0.3) is 5.91 Å². The Hall–Kier alpha value is -2.08. The number of hydrogen-bond donors (Lipinski definition) is 0. The van der Waals surface area contributed by atoms with E-state index in [2.05, 4.69) is 14.9 Å². The van der Waals surface area contributed by atoms with E-state index in [1.165, 1.54) is 0 Å². The van der Waals surface area contributed by atoms with Crippen LogP contribution in [-0.4, -0.2) is 51.5 Å². The lowest BCUT2D eigenvalue weighted by molar-refractivity contribution is 0.0699. The van der Waals surface area contributed by atoms with Crippen molar-refractivity contribution >= 4 is 23.3 Å². The van der Waals surface area contributed by atoms with Gasteiger partial charge in [0.05, 0.1) is 17.5 Å². The molecule has 0 atom stereocenters. The van der Waals surface area contributed by atoms with Crippen LogP contribution in [0.2, 0.25) is 5.02 Å². The third kappa shape index (κ3) is 3.17. The van der Waals surface area contributed by atoms with Crippen molar-refractivity contribution in [2.75, 3.05) is 25.0 Å². The van der Waals surface area contributed by atoms with Gasteiger partial charge in [-0.1, -0.05) is 11.6 Å². The summed E-state index contributed by atoms with van der Waals surface area (Å²) in [6.07, 6.45) is 6.81. The van der Waals surface area contributed by atoms with Crippen LogP contribution in [0.5, 0.6) is 0 Å². The molecule has 7 heteroatoms. The first-order valence-electron chi connectivity index (χ1n) is 7.67. The maximum Gasteiger partial charge on any atom is 0.272 e. The number of halogens is 1. The predicted octanol–water partition coefficient (Wildman–Crippen LogP) is 2.21. The smallest absolute Gasteiger partial charge is 0.272 e. The molecule has 6 nitrogen and oxygen atoms in total. The van der Waals surface area contributed by atoms with Crippen LogP contribution in [0.1, 0.15) is 23.3 Å². The van der Waals surface area contributed by atoms with Gasteiger partial charge >= 0.3 is 0 Å². The molecule has 1 amide bonds. The van der Waals surface area contributed by atoms with Crippen LogP contribution >= 0.6 is 11.6 Å². The molecule has 0 saturated carbocycles. The number of imidazole rings is 1. The molecular formula is C16H20ClN5O. The fourth-order valence-electron chi connectivity index (χ4n) is 2.98. The molecule has 0 aliphatic carbocycles. The van der Waals surface area contributed by atoms with Gasteiger partial charge in [-0.15, -0.1) is 0 Å². The number of anilines is 1. The third-order valence-electron chi connectivity index (χ3n) is 4.41. The molecule has 1 fully saturated rings. The van der Waals surface area contributed by atoms with Gasteiger partial charge in [-0.25, -0.2) is 9.97 Å².